The topological polar surface area (TPSA) is 113 Å². The molecule has 28 heavy (non-hydrogen) atoms. The second-order valence-electron chi connectivity index (χ2n) is 7.27. The Morgan fingerprint density at radius 2 is 2.04 bits per heavy atom. The van der Waals surface area contributed by atoms with Gasteiger partial charge in [0.15, 0.2) is 16.4 Å². The number of para-hydroxylation sites is 1. The second kappa shape index (κ2) is 9.88. The highest BCUT2D eigenvalue weighted by atomic mass is 32.2. The molecule has 0 aliphatic carbocycles. The number of hydrogen-bond donors (Lipinski definition) is 2. The van der Waals surface area contributed by atoms with Crippen molar-refractivity contribution in [3.05, 3.63) is 29.8 Å². The number of nitrogens with zero attached hydrogens (tertiary/aromatic N) is 1. The second-order valence-corrected chi connectivity index (χ2v) is 9.50. The van der Waals surface area contributed by atoms with Crippen LogP contribution in [0.4, 0.5) is 5.69 Å². The van der Waals surface area contributed by atoms with Gasteiger partial charge in [0.2, 0.25) is 0 Å². The van der Waals surface area contributed by atoms with Crippen molar-refractivity contribution in [2.24, 2.45) is 5.92 Å². The molecule has 0 aromatic heterocycles. The number of anilines is 1. The van der Waals surface area contributed by atoms with Crippen LogP contribution in [-0.4, -0.2) is 74.2 Å². The van der Waals surface area contributed by atoms with E-state index in [-0.39, 0.29) is 42.2 Å². The Hall–Kier alpha value is -2.13. The van der Waals surface area contributed by atoms with Gasteiger partial charge in [-0.3, -0.25) is 4.79 Å². The van der Waals surface area contributed by atoms with E-state index in [0.29, 0.717) is 18.7 Å². The van der Waals surface area contributed by atoms with E-state index in [1.54, 1.807) is 24.3 Å². The van der Waals surface area contributed by atoms with Crippen LogP contribution < -0.4 is 5.32 Å². The summed E-state index contributed by atoms with van der Waals surface area (Å²) < 4.78 is 28.8. The van der Waals surface area contributed by atoms with E-state index in [2.05, 4.69) is 5.32 Å². The molecular formula is C19H28N2O6S. The van der Waals surface area contributed by atoms with E-state index in [0.717, 1.165) is 0 Å². The average Bonchev–Trinajstić information content (AvgIpc) is 3.01. The molecule has 1 heterocycles. The van der Waals surface area contributed by atoms with E-state index in [4.69, 9.17) is 9.84 Å². The summed E-state index contributed by atoms with van der Waals surface area (Å²) in [6.45, 7) is 4.04. The smallest absolute Gasteiger partial charge is 0.340 e. The van der Waals surface area contributed by atoms with Gasteiger partial charge in [-0.2, -0.15) is 0 Å². The van der Waals surface area contributed by atoms with E-state index >= 15 is 0 Å². The first-order chi connectivity index (χ1) is 13.2. The Morgan fingerprint density at radius 3 is 2.64 bits per heavy atom. The zero-order valence-corrected chi connectivity index (χ0v) is 17.1. The molecule has 0 unspecified atom stereocenters. The summed E-state index contributed by atoms with van der Waals surface area (Å²) in [4.78, 5) is 26.6. The zero-order chi connectivity index (χ0) is 20.7. The molecular weight excluding hydrogens is 384 g/mol. The van der Waals surface area contributed by atoms with Gasteiger partial charge in [0.25, 0.3) is 5.91 Å². The van der Waals surface area contributed by atoms with E-state index in [9.17, 15) is 18.0 Å². The number of aliphatic hydroxyl groups is 1. The molecule has 2 N–H and O–H groups in total. The van der Waals surface area contributed by atoms with Crippen molar-refractivity contribution in [1.29, 1.82) is 0 Å². The van der Waals surface area contributed by atoms with Gasteiger partial charge >= 0.3 is 5.97 Å². The number of carbonyl (C=O) groups is 2. The maximum Gasteiger partial charge on any atom is 0.340 e. The Labute approximate surface area is 165 Å². The third-order valence-electron chi connectivity index (χ3n) is 4.43. The fourth-order valence-electron chi connectivity index (χ4n) is 3.16. The van der Waals surface area contributed by atoms with Crippen LogP contribution in [0.3, 0.4) is 0 Å². The van der Waals surface area contributed by atoms with Crippen LogP contribution in [0.25, 0.3) is 0 Å². The first kappa shape index (κ1) is 22.2. The predicted molar refractivity (Wildman–Crippen MR) is 106 cm³/mol. The van der Waals surface area contributed by atoms with Gasteiger partial charge in [-0.25, -0.2) is 13.2 Å². The molecule has 1 aromatic carbocycles. The fraction of sp³-hybridized carbons (Fsp3) is 0.579. The van der Waals surface area contributed by atoms with Crippen LogP contribution in [0.2, 0.25) is 0 Å². The van der Waals surface area contributed by atoms with Crippen molar-refractivity contribution >= 4 is 27.4 Å². The maximum absolute atomic E-state index is 12.7. The van der Waals surface area contributed by atoms with E-state index < -0.39 is 28.3 Å². The number of rotatable bonds is 9. The van der Waals surface area contributed by atoms with Crippen molar-refractivity contribution in [2.75, 3.05) is 43.1 Å². The molecule has 1 aromatic rings. The number of ether oxygens (including phenoxy) is 1. The molecule has 156 valence electrons. The summed E-state index contributed by atoms with van der Waals surface area (Å²) >= 11 is 0. The normalized spacial score (nSPS) is 18.1. The minimum atomic E-state index is -3.13. The molecule has 8 nitrogen and oxygen atoms in total. The lowest BCUT2D eigenvalue weighted by Crippen LogP contribution is -2.45. The van der Waals surface area contributed by atoms with Crippen LogP contribution in [-0.2, 0) is 19.4 Å². The minimum Gasteiger partial charge on any atom is -0.452 e. The lowest BCUT2D eigenvalue weighted by molar-refractivity contribution is -0.137. The summed E-state index contributed by atoms with van der Waals surface area (Å²) in [6, 6.07) is 6.30. The molecule has 2 rings (SSSR count). The van der Waals surface area contributed by atoms with Crippen LogP contribution in [0.15, 0.2) is 24.3 Å². The minimum absolute atomic E-state index is 0.0483. The number of carbonyl (C=O) groups excluding carboxylic acids is 2. The summed E-state index contributed by atoms with van der Waals surface area (Å²) in [5.74, 6) is -0.870. The number of aliphatic hydroxyl groups excluding tert-OH is 1. The number of esters is 1. The Bertz CT molecular complexity index is 793. The van der Waals surface area contributed by atoms with E-state index in [1.165, 1.54) is 4.90 Å². The summed E-state index contributed by atoms with van der Waals surface area (Å²) in [5, 5.41) is 11.9. The number of benzene rings is 1. The van der Waals surface area contributed by atoms with Crippen molar-refractivity contribution in [3.63, 3.8) is 0 Å². The Kier molecular flexibility index (Phi) is 7.82. The average molecular weight is 413 g/mol. The van der Waals surface area contributed by atoms with Crippen LogP contribution in [0, 0.1) is 5.92 Å². The highest BCUT2D eigenvalue weighted by Crippen LogP contribution is 2.20. The van der Waals surface area contributed by atoms with Crippen molar-refractivity contribution in [3.8, 4) is 0 Å². The van der Waals surface area contributed by atoms with Gasteiger partial charge in [0, 0.05) is 24.8 Å². The first-order valence-electron chi connectivity index (χ1n) is 9.34. The predicted octanol–water partition coefficient (Wildman–Crippen LogP) is 0.919. The number of nitrogens with one attached hydrogen (secondary N) is 1. The van der Waals surface area contributed by atoms with E-state index in [1.807, 2.05) is 13.8 Å². The molecule has 1 atom stereocenters. The molecule has 0 saturated carbocycles. The molecule has 0 bridgehead atoms. The number of hydrogen-bond acceptors (Lipinski definition) is 7. The molecule has 1 saturated heterocycles. The van der Waals surface area contributed by atoms with Gasteiger partial charge in [-0.15, -0.1) is 0 Å². The maximum atomic E-state index is 12.7. The molecule has 1 aliphatic rings. The van der Waals surface area contributed by atoms with Crippen LogP contribution in [0.5, 0.6) is 0 Å². The third kappa shape index (κ3) is 6.20. The van der Waals surface area contributed by atoms with Gasteiger partial charge in [-0.05, 0) is 24.5 Å². The van der Waals surface area contributed by atoms with Crippen LogP contribution >= 0.6 is 0 Å². The Balaban J connectivity index is 2.03. The lowest BCUT2D eigenvalue weighted by Gasteiger charge is -2.29. The van der Waals surface area contributed by atoms with Crippen molar-refractivity contribution in [2.45, 2.75) is 26.3 Å². The molecule has 0 spiro atoms. The summed E-state index contributed by atoms with van der Waals surface area (Å²) in [5.41, 5.74) is 0.775. The standard InChI is InChI=1S/C19H28N2O6S/c1-14(2)11-21(15-7-10-28(25,26)13-15)18(23)12-27-19(24)16-5-3-4-6-17(16)20-8-9-22/h3-6,14-15,20,22H,7-13H2,1-2H3/t15-/m1/s1. The molecule has 1 amide bonds. The third-order valence-corrected chi connectivity index (χ3v) is 6.18. The monoisotopic (exact) mass is 412 g/mol. The zero-order valence-electron chi connectivity index (χ0n) is 16.3. The van der Waals surface area contributed by atoms with Gasteiger partial charge in [0.1, 0.15) is 0 Å². The summed E-state index contributed by atoms with van der Waals surface area (Å²) in [6.07, 6.45) is 0.405. The highest BCUT2D eigenvalue weighted by Gasteiger charge is 2.35. The SMILES string of the molecule is CC(C)CN(C(=O)COC(=O)c1ccccc1NCCO)[C@@H]1CCS(=O)(=O)C1. The summed E-state index contributed by atoms with van der Waals surface area (Å²) in [7, 11) is -3.13. The van der Waals surface area contributed by atoms with Crippen molar-refractivity contribution < 1.29 is 27.9 Å². The molecule has 9 heteroatoms. The van der Waals surface area contributed by atoms with Gasteiger partial charge in [-0.1, -0.05) is 26.0 Å². The molecule has 0 radical (unpaired) electrons. The number of sulfone groups is 1. The number of amides is 1. The van der Waals surface area contributed by atoms with Crippen LogP contribution in [0.1, 0.15) is 30.6 Å². The molecule has 1 fully saturated rings. The van der Waals surface area contributed by atoms with Gasteiger partial charge in [0.05, 0.1) is 23.7 Å². The lowest BCUT2D eigenvalue weighted by atomic mass is 10.1. The Morgan fingerprint density at radius 1 is 1.32 bits per heavy atom. The highest BCUT2D eigenvalue weighted by molar-refractivity contribution is 7.91. The largest absolute Gasteiger partial charge is 0.452 e. The van der Waals surface area contributed by atoms with Gasteiger partial charge < -0.3 is 20.1 Å². The quantitative estimate of drug-likeness (QED) is 0.580. The first-order valence-corrected chi connectivity index (χ1v) is 11.2. The van der Waals surface area contributed by atoms with Crippen molar-refractivity contribution in [1.82, 2.24) is 4.90 Å². The molecule has 1 aliphatic heterocycles. The fourth-order valence-corrected chi connectivity index (χ4v) is 4.89.